The summed E-state index contributed by atoms with van der Waals surface area (Å²) in [6.45, 7) is 0.372. The molecule has 3 aromatic heterocycles. The number of amides is 1. The van der Waals surface area contributed by atoms with Crippen LogP contribution in [0.4, 0.5) is 5.82 Å². The minimum Gasteiger partial charge on any atom is -0.384 e. The molecular formula is C20H17N5O2S. The van der Waals surface area contributed by atoms with E-state index in [0.717, 1.165) is 11.2 Å². The number of carbonyl (C=O) groups excluding carboxylic acids is 1. The Labute approximate surface area is 163 Å². The molecule has 8 heteroatoms. The van der Waals surface area contributed by atoms with Crippen molar-refractivity contribution in [3.63, 3.8) is 0 Å². The van der Waals surface area contributed by atoms with E-state index < -0.39 is 10.8 Å². The number of pyridine rings is 2. The molecule has 1 unspecified atom stereocenters. The molecule has 1 aromatic carbocycles. The van der Waals surface area contributed by atoms with Gasteiger partial charge in [-0.15, -0.1) is 0 Å². The SMILES string of the molecule is Nc1ccc(S(=O)c2ccc(CNC(=O)c3ccc4nccn4c3)cc2)cn1. The summed E-state index contributed by atoms with van der Waals surface area (Å²) in [5, 5.41) is 2.89. The maximum atomic E-state index is 12.6. The lowest BCUT2D eigenvalue weighted by molar-refractivity contribution is 0.0950. The Balaban J connectivity index is 1.40. The van der Waals surface area contributed by atoms with Gasteiger partial charge in [-0.25, -0.2) is 14.2 Å². The van der Waals surface area contributed by atoms with Crippen molar-refractivity contribution in [2.75, 3.05) is 5.73 Å². The molecule has 3 N–H and O–H groups in total. The summed E-state index contributed by atoms with van der Waals surface area (Å²) in [7, 11) is -1.33. The lowest BCUT2D eigenvalue weighted by atomic mass is 10.2. The lowest BCUT2D eigenvalue weighted by Crippen LogP contribution is -2.23. The largest absolute Gasteiger partial charge is 0.384 e. The summed E-state index contributed by atoms with van der Waals surface area (Å²) in [6, 6.07) is 14.1. The number of nitrogens with two attached hydrogens (primary N) is 1. The third kappa shape index (κ3) is 3.77. The molecule has 1 amide bonds. The highest BCUT2D eigenvalue weighted by atomic mass is 32.2. The fraction of sp³-hybridized carbons (Fsp3) is 0.0500. The zero-order valence-electron chi connectivity index (χ0n) is 14.8. The van der Waals surface area contributed by atoms with E-state index in [4.69, 9.17) is 5.73 Å². The zero-order valence-corrected chi connectivity index (χ0v) is 15.6. The number of fused-ring (bicyclic) bond motifs is 1. The van der Waals surface area contributed by atoms with Gasteiger partial charge in [-0.05, 0) is 42.0 Å². The van der Waals surface area contributed by atoms with Gasteiger partial charge in [0.25, 0.3) is 5.91 Å². The number of nitrogens with zero attached hydrogens (tertiary/aromatic N) is 3. The molecule has 0 radical (unpaired) electrons. The first kappa shape index (κ1) is 17.9. The van der Waals surface area contributed by atoms with Crippen LogP contribution in [0, 0.1) is 0 Å². The summed E-state index contributed by atoms with van der Waals surface area (Å²) >= 11 is 0. The number of imidazole rings is 1. The maximum absolute atomic E-state index is 12.6. The normalized spacial score (nSPS) is 12.0. The van der Waals surface area contributed by atoms with Crippen LogP contribution >= 0.6 is 0 Å². The third-order valence-corrected chi connectivity index (χ3v) is 5.58. The van der Waals surface area contributed by atoms with Gasteiger partial charge in [-0.1, -0.05) is 12.1 Å². The molecule has 4 aromatic rings. The smallest absolute Gasteiger partial charge is 0.253 e. The number of benzene rings is 1. The van der Waals surface area contributed by atoms with Crippen LogP contribution in [-0.4, -0.2) is 24.5 Å². The molecule has 0 aliphatic rings. The van der Waals surface area contributed by atoms with E-state index in [9.17, 15) is 9.00 Å². The van der Waals surface area contributed by atoms with E-state index in [1.807, 2.05) is 12.1 Å². The van der Waals surface area contributed by atoms with Crippen LogP contribution in [0.2, 0.25) is 0 Å². The molecule has 0 bridgehead atoms. The second kappa shape index (κ2) is 7.61. The Bertz CT molecular complexity index is 1150. The van der Waals surface area contributed by atoms with Crippen molar-refractivity contribution < 1.29 is 9.00 Å². The van der Waals surface area contributed by atoms with Crippen molar-refractivity contribution in [2.24, 2.45) is 0 Å². The molecule has 3 heterocycles. The Kier molecular flexibility index (Phi) is 4.86. The van der Waals surface area contributed by atoms with Gasteiger partial charge in [0.15, 0.2) is 0 Å². The predicted molar refractivity (Wildman–Crippen MR) is 106 cm³/mol. The standard InChI is InChI=1S/C20H17N5O2S/c21-18-7-6-17(12-23-18)28(27)16-4-1-14(2-5-16)11-24-20(26)15-3-8-19-22-9-10-25(19)13-15/h1-10,12-13H,11H2,(H2,21,23)(H,24,26). The number of nitrogens with one attached hydrogen (secondary N) is 1. The molecule has 7 nitrogen and oxygen atoms in total. The van der Waals surface area contributed by atoms with Gasteiger partial charge in [0, 0.05) is 36.2 Å². The Morgan fingerprint density at radius 3 is 2.57 bits per heavy atom. The van der Waals surface area contributed by atoms with Crippen molar-refractivity contribution in [3.8, 4) is 0 Å². The summed E-state index contributed by atoms with van der Waals surface area (Å²) in [4.78, 5) is 21.7. The molecule has 1 atom stereocenters. The Hall–Kier alpha value is -3.52. The molecule has 28 heavy (non-hydrogen) atoms. The summed E-state index contributed by atoms with van der Waals surface area (Å²) in [6.07, 6.45) is 6.73. The summed E-state index contributed by atoms with van der Waals surface area (Å²) < 4.78 is 14.4. The molecule has 0 aliphatic carbocycles. The highest BCUT2D eigenvalue weighted by molar-refractivity contribution is 7.85. The van der Waals surface area contributed by atoms with Crippen LogP contribution in [0.5, 0.6) is 0 Å². The van der Waals surface area contributed by atoms with Gasteiger partial charge in [0.05, 0.1) is 21.3 Å². The number of nitrogen functional groups attached to an aromatic ring is 1. The van der Waals surface area contributed by atoms with Crippen molar-refractivity contribution in [1.29, 1.82) is 0 Å². The van der Waals surface area contributed by atoms with Crippen LogP contribution in [-0.2, 0) is 17.3 Å². The molecule has 0 saturated carbocycles. The lowest BCUT2D eigenvalue weighted by Gasteiger charge is -2.07. The van der Waals surface area contributed by atoms with Crippen LogP contribution in [0.3, 0.4) is 0 Å². The van der Waals surface area contributed by atoms with Crippen LogP contribution in [0.15, 0.2) is 83.1 Å². The minimum absolute atomic E-state index is 0.170. The molecule has 0 spiro atoms. The quantitative estimate of drug-likeness (QED) is 0.544. The minimum atomic E-state index is -1.33. The Morgan fingerprint density at radius 2 is 1.82 bits per heavy atom. The summed E-state index contributed by atoms with van der Waals surface area (Å²) in [5.41, 5.74) is 7.81. The van der Waals surface area contributed by atoms with E-state index in [1.54, 1.807) is 59.4 Å². The zero-order chi connectivity index (χ0) is 19.5. The summed E-state index contributed by atoms with van der Waals surface area (Å²) in [5.74, 6) is 0.218. The van der Waals surface area contributed by atoms with Gasteiger partial charge >= 0.3 is 0 Å². The highest BCUT2D eigenvalue weighted by Crippen LogP contribution is 2.17. The van der Waals surface area contributed by atoms with Crippen molar-refractivity contribution in [2.45, 2.75) is 16.3 Å². The second-order valence-electron chi connectivity index (χ2n) is 6.12. The first-order valence-corrected chi connectivity index (χ1v) is 9.68. The molecule has 0 aliphatic heterocycles. The van der Waals surface area contributed by atoms with Gasteiger partial charge in [0.2, 0.25) is 0 Å². The maximum Gasteiger partial charge on any atom is 0.253 e. The van der Waals surface area contributed by atoms with Gasteiger partial charge in [0.1, 0.15) is 11.5 Å². The average Bonchev–Trinajstić information content (AvgIpc) is 3.20. The molecule has 4 rings (SSSR count). The van der Waals surface area contributed by atoms with E-state index in [1.165, 1.54) is 6.20 Å². The first-order valence-electron chi connectivity index (χ1n) is 8.53. The first-order chi connectivity index (χ1) is 13.6. The number of carbonyl (C=O) groups is 1. The van der Waals surface area contributed by atoms with Gasteiger partial charge in [-0.3, -0.25) is 4.79 Å². The second-order valence-corrected chi connectivity index (χ2v) is 7.60. The topological polar surface area (TPSA) is 102 Å². The van der Waals surface area contributed by atoms with Crippen LogP contribution in [0.25, 0.3) is 5.65 Å². The van der Waals surface area contributed by atoms with Crippen molar-refractivity contribution in [1.82, 2.24) is 19.7 Å². The van der Waals surface area contributed by atoms with E-state index in [2.05, 4.69) is 15.3 Å². The number of anilines is 1. The van der Waals surface area contributed by atoms with Gasteiger partial charge < -0.3 is 15.5 Å². The Morgan fingerprint density at radius 1 is 1.04 bits per heavy atom. The molecule has 0 saturated heterocycles. The third-order valence-electron chi connectivity index (χ3n) is 4.21. The number of hydrogen-bond donors (Lipinski definition) is 2. The van der Waals surface area contributed by atoms with Crippen molar-refractivity contribution >= 4 is 28.2 Å². The molecule has 140 valence electrons. The van der Waals surface area contributed by atoms with E-state index >= 15 is 0 Å². The number of aromatic nitrogens is 3. The molecule has 0 fully saturated rings. The predicted octanol–water partition coefficient (Wildman–Crippen LogP) is 2.41. The highest BCUT2D eigenvalue weighted by Gasteiger charge is 2.09. The average molecular weight is 391 g/mol. The monoisotopic (exact) mass is 391 g/mol. The van der Waals surface area contributed by atoms with E-state index in [-0.39, 0.29) is 5.91 Å². The number of rotatable bonds is 5. The van der Waals surface area contributed by atoms with Crippen LogP contribution < -0.4 is 11.1 Å². The van der Waals surface area contributed by atoms with Crippen molar-refractivity contribution in [3.05, 3.63) is 84.4 Å². The fourth-order valence-corrected chi connectivity index (χ4v) is 3.70. The van der Waals surface area contributed by atoms with Crippen LogP contribution in [0.1, 0.15) is 15.9 Å². The van der Waals surface area contributed by atoms with E-state index in [0.29, 0.717) is 27.7 Å². The molecular weight excluding hydrogens is 374 g/mol. The van der Waals surface area contributed by atoms with Gasteiger partial charge in [-0.2, -0.15) is 0 Å². The number of hydrogen-bond acceptors (Lipinski definition) is 5. The fourth-order valence-electron chi connectivity index (χ4n) is 2.71.